The summed E-state index contributed by atoms with van der Waals surface area (Å²) in [6.45, 7) is 3.63. The molecule has 0 aliphatic carbocycles. The maximum atomic E-state index is 11.1. The van der Waals surface area contributed by atoms with Crippen LogP contribution in [-0.2, 0) is 0 Å². The maximum absolute atomic E-state index is 11.1. The Bertz CT molecular complexity index is 482. The van der Waals surface area contributed by atoms with Crippen LogP contribution in [0.1, 0.15) is 11.4 Å². The van der Waals surface area contributed by atoms with Gasteiger partial charge in [-0.15, -0.1) is 5.10 Å². The number of rotatable bonds is 0. The predicted octanol–water partition coefficient (Wildman–Crippen LogP) is 0.0344. The highest BCUT2D eigenvalue weighted by atomic mass is 16.1. The zero-order valence-corrected chi connectivity index (χ0v) is 6.83. The predicted molar refractivity (Wildman–Crippen MR) is 43.1 cm³/mol. The number of fused-ring (bicyclic) bond motifs is 1. The molecular weight excluding hydrogens is 156 g/mol. The van der Waals surface area contributed by atoms with Crippen molar-refractivity contribution in [3.8, 4) is 0 Å². The van der Waals surface area contributed by atoms with Crippen LogP contribution in [-0.4, -0.2) is 19.6 Å². The van der Waals surface area contributed by atoms with Gasteiger partial charge in [0.05, 0.1) is 0 Å². The average Bonchev–Trinajstić information content (AvgIpc) is 2.41. The number of hydrogen-bond donors (Lipinski definition) is 1. The van der Waals surface area contributed by atoms with Gasteiger partial charge in [0, 0.05) is 11.8 Å². The number of nitrogens with one attached hydrogen (secondary N) is 1. The molecule has 0 aromatic carbocycles. The molecule has 0 aliphatic heterocycles. The fourth-order valence-electron chi connectivity index (χ4n) is 1.11. The highest BCUT2D eigenvalue weighted by Gasteiger charge is 2.04. The van der Waals surface area contributed by atoms with Crippen LogP contribution in [0.25, 0.3) is 5.65 Å². The minimum Gasteiger partial charge on any atom is -0.312 e. The van der Waals surface area contributed by atoms with E-state index in [1.54, 1.807) is 13.1 Å². The van der Waals surface area contributed by atoms with Crippen molar-refractivity contribution < 1.29 is 0 Å². The lowest BCUT2D eigenvalue weighted by atomic mass is 10.4. The molecule has 12 heavy (non-hydrogen) atoms. The van der Waals surface area contributed by atoms with Crippen molar-refractivity contribution in [3.63, 3.8) is 0 Å². The van der Waals surface area contributed by atoms with Crippen molar-refractivity contribution in [1.29, 1.82) is 0 Å². The molecule has 0 saturated heterocycles. The maximum Gasteiger partial charge on any atom is 0.348 e. The molecule has 0 aliphatic rings. The topological polar surface area (TPSA) is 63.0 Å². The summed E-state index contributed by atoms with van der Waals surface area (Å²) in [5.41, 5.74) is 1.28. The Morgan fingerprint density at radius 3 is 2.92 bits per heavy atom. The molecule has 1 N–H and O–H groups in total. The molecule has 2 rings (SSSR count). The molecule has 2 aromatic heterocycles. The Morgan fingerprint density at radius 1 is 1.50 bits per heavy atom. The van der Waals surface area contributed by atoms with E-state index in [1.807, 2.05) is 6.92 Å². The second-order valence-electron chi connectivity index (χ2n) is 2.67. The highest BCUT2D eigenvalue weighted by Crippen LogP contribution is 2.01. The van der Waals surface area contributed by atoms with Gasteiger partial charge in [-0.25, -0.2) is 9.78 Å². The molecule has 0 spiro atoms. The number of H-pyrrole nitrogens is 1. The van der Waals surface area contributed by atoms with E-state index >= 15 is 0 Å². The highest BCUT2D eigenvalue weighted by molar-refractivity contribution is 5.43. The summed E-state index contributed by atoms with van der Waals surface area (Å²) in [7, 11) is 0. The molecule has 2 heterocycles. The molecule has 5 nitrogen and oxygen atoms in total. The van der Waals surface area contributed by atoms with E-state index in [-0.39, 0.29) is 5.69 Å². The molecule has 0 saturated carbocycles. The largest absolute Gasteiger partial charge is 0.348 e. The van der Waals surface area contributed by atoms with Gasteiger partial charge in [0.2, 0.25) is 0 Å². The molecule has 5 heteroatoms. The van der Waals surface area contributed by atoms with Crippen molar-refractivity contribution in [1.82, 2.24) is 19.6 Å². The van der Waals surface area contributed by atoms with E-state index in [9.17, 15) is 4.79 Å². The zero-order chi connectivity index (χ0) is 8.72. The van der Waals surface area contributed by atoms with Gasteiger partial charge in [-0.2, -0.15) is 4.52 Å². The quantitative estimate of drug-likeness (QED) is 0.597. The van der Waals surface area contributed by atoms with E-state index < -0.39 is 0 Å². The van der Waals surface area contributed by atoms with Gasteiger partial charge in [-0.05, 0) is 13.8 Å². The number of nitrogens with zero attached hydrogens (tertiary/aromatic N) is 3. The molecule has 0 fully saturated rings. The minimum atomic E-state index is -0.254. The molecule has 0 radical (unpaired) electrons. The Kier molecular flexibility index (Phi) is 1.27. The van der Waals surface area contributed by atoms with E-state index in [0.717, 1.165) is 5.56 Å². The summed E-state index contributed by atoms with van der Waals surface area (Å²) in [6.07, 6.45) is 1.63. The zero-order valence-electron chi connectivity index (χ0n) is 6.83. The number of aromatic nitrogens is 4. The molecule has 0 atom stereocenters. The lowest BCUT2D eigenvalue weighted by Gasteiger charge is -1.92. The summed E-state index contributed by atoms with van der Waals surface area (Å²) in [5, 5.41) is 3.94. The third-order valence-corrected chi connectivity index (χ3v) is 1.67. The van der Waals surface area contributed by atoms with Gasteiger partial charge in [0.1, 0.15) is 5.82 Å². The van der Waals surface area contributed by atoms with Crippen LogP contribution >= 0.6 is 0 Å². The van der Waals surface area contributed by atoms with Crippen LogP contribution in [0.15, 0.2) is 11.0 Å². The van der Waals surface area contributed by atoms with Gasteiger partial charge in [0.25, 0.3) is 0 Å². The molecule has 0 amide bonds. The van der Waals surface area contributed by atoms with Crippen molar-refractivity contribution >= 4 is 5.65 Å². The smallest absolute Gasteiger partial charge is 0.312 e. The van der Waals surface area contributed by atoms with Crippen LogP contribution in [0.3, 0.4) is 0 Å². The van der Waals surface area contributed by atoms with Crippen LogP contribution in [0.2, 0.25) is 0 Å². The van der Waals surface area contributed by atoms with Gasteiger partial charge >= 0.3 is 5.69 Å². The van der Waals surface area contributed by atoms with Crippen LogP contribution in [0.4, 0.5) is 0 Å². The summed E-state index contributed by atoms with van der Waals surface area (Å²) in [5.74, 6) is 0.606. The van der Waals surface area contributed by atoms with E-state index in [1.165, 1.54) is 4.52 Å². The van der Waals surface area contributed by atoms with E-state index in [0.29, 0.717) is 11.5 Å². The fraction of sp³-hybridized carbons (Fsp3) is 0.286. The first-order valence-corrected chi connectivity index (χ1v) is 3.60. The van der Waals surface area contributed by atoms with Gasteiger partial charge in [0.15, 0.2) is 5.65 Å². The van der Waals surface area contributed by atoms with Crippen molar-refractivity contribution in [3.05, 3.63) is 28.1 Å². The van der Waals surface area contributed by atoms with Crippen molar-refractivity contribution in [2.45, 2.75) is 13.8 Å². The van der Waals surface area contributed by atoms with Gasteiger partial charge < -0.3 is 4.98 Å². The molecule has 2 aromatic rings. The number of aromatic amines is 1. The lowest BCUT2D eigenvalue weighted by Crippen LogP contribution is -2.17. The molecule has 0 unspecified atom stereocenters. The van der Waals surface area contributed by atoms with Gasteiger partial charge in [-0.1, -0.05) is 0 Å². The second kappa shape index (κ2) is 2.17. The monoisotopic (exact) mass is 164 g/mol. The first kappa shape index (κ1) is 7.02. The molecular formula is C7H8N4O. The second-order valence-corrected chi connectivity index (χ2v) is 2.67. The van der Waals surface area contributed by atoms with Gasteiger partial charge in [-0.3, -0.25) is 0 Å². The summed E-state index contributed by atoms with van der Waals surface area (Å²) >= 11 is 0. The average molecular weight is 164 g/mol. The van der Waals surface area contributed by atoms with Crippen LogP contribution in [0.5, 0.6) is 0 Å². The first-order valence-electron chi connectivity index (χ1n) is 3.60. The normalized spacial score (nSPS) is 10.8. The van der Waals surface area contributed by atoms with Crippen LogP contribution < -0.4 is 5.69 Å². The van der Waals surface area contributed by atoms with E-state index in [2.05, 4.69) is 15.1 Å². The fourth-order valence-corrected chi connectivity index (χ4v) is 1.11. The Labute approximate surface area is 68.1 Å². The van der Waals surface area contributed by atoms with Crippen molar-refractivity contribution in [2.75, 3.05) is 0 Å². The lowest BCUT2D eigenvalue weighted by molar-refractivity contribution is 0.847. The number of hydrogen-bond acceptors (Lipinski definition) is 3. The number of aryl methyl sites for hydroxylation is 2. The first-order chi connectivity index (χ1) is 5.68. The molecule has 62 valence electrons. The van der Waals surface area contributed by atoms with Crippen molar-refractivity contribution in [2.24, 2.45) is 0 Å². The SMILES string of the molecule is Cc1nc2c(C)c[nH]c(=O)n2n1. The molecule has 0 bridgehead atoms. The summed E-state index contributed by atoms with van der Waals surface area (Å²) in [6, 6.07) is 0. The van der Waals surface area contributed by atoms with E-state index in [4.69, 9.17) is 0 Å². The van der Waals surface area contributed by atoms with Crippen LogP contribution in [0, 0.1) is 13.8 Å². The standard InChI is InChI=1S/C7H8N4O/c1-4-3-8-7(12)11-6(4)9-5(2)10-11/h3H,1-2H3,(H,8,12). The Hall–Kier alpha value is -1.65. The Balaban J connectivity index is 3.03. The third-order valence-electron chi connectivity index (χ3n) is 1.67. The Morgan fingerprint density at radius 2 is 2.25 bits per heavy atom. The third kappa shape index (κ3) is 0.827. The minimum absolute atomic E-state index is 0.254. The summed E-state index contributed by atoms with van der Waals surface area (Å²) in [4.78, 5) is 17.8. The summed E-state index contributed by atoms with van der Waals surface area (Å²) < 4.78 is 1.27.